The van der Waals surface area contributed by atoms with Crippen LogP contribution in [-0.2, 0) is 12.8 Å². The monoisotopic (exact) mass is 225 g/mol. The Morgan fingerprint density at radius 1 is 1.33 bits per heavy atom. The molecule has 1 heterocycles. The number of nitrogens with zero attached hydrogens (tertiary/aromatic N) is 1. The first-order valence-corrected chi connectivity index (χ1v) is 6.62. The first-order chi connectivity index (χ1) is 6.87. The van der Waals surface area contributed by atoms with Gasteiger partial charge in [0, 0.05) is 11.1 Å². The number of rotatable bonds is 4. The molecule has 0 fully saturated rings. The van der Waals surface area contributed by atoms with Gasteiger partial charge in [0.05, 0.1) is 5.01 Å². The minimum Gasteiger partial charge on any atom is -0.249 e. The van der Waals surface area contributed by atoms with E-state index in [0.717, 1.165) is 18.8 Å². The molecule has 1 aromatic heterocycles. The first-order valence-electron chi connectivity index (χ1n) is 5.80. The normalized spacial score (nSPS) is 12.4. The minimum absolute atomic E-state index is 0.377. The van der Waals surface area contributed by atoms with Crippen molar-refractivity contribution in [1.29, 1.82) is 0 Å². The lowest BCUT2D eigenvalue weighted by Gasteiger charge is -2.15. The molecule has 0 spiro atoms. The highest BCUT2D eigenvalue weighted by atomic mass is 32.1. The van der Waals surface area contributed by atoms with Crippen molar-refractivity contribution >= 4 is 11.3 Å². The molecule has 0 unspecified atom stereocenters. The van der Waals surface area contributed by atoms with Gasteiger partial charge < -0.3 is 0 Å². The molecule has 1 aromatic rings. The zero-order valence-corrected chi connectivity index (χ0v) is 11.4. The Morgan fingerprint density at radius 3 is 2.53 bits per heavy atom. The quantitative estimate of drug-likeness (QED) is 0.743. The molecule has 2 heteroatoms. The van der Waals surface area contributed by atoms with Crippen molar-refractivity contribution in [2.24, 2.45) is 11.3 Å². The topological polar surface area (TPSA) is 12.9 Å². The van der Waals surface area contributed by atoms with Crippen LogP contribution in [0, 0.1) is 11.3 Å². The van der Waals surface area contributed by atoms with E-state index in [4.69, 9.17) is 0 Å². The molecule has 0 aliphatic rings. The lowest BCUT2D eigenvalue weighted by atomic mass is 9.92. The fraction of sp³-hybridized carbons (Fsp3) is 0.769. The average Bonchev–Trinajstić information content (AvgIpc) is 2.45. The summed E-state index contributed by atoms with van der Waals surface area (Å²) < 4.78 is 0. The van der Waals surface area contributed by atoms with Crippen molar-refractivity contribution in [1.82, 2.24) is 4.98 Å². The molecular formula is C13H23NS. The summed E-state index contributed by atoms with van der Waals surface area (Å²) in [4.78, 5) is 5.92. The van der Waals surface area contributed by atoms with Crippen LogP contribution < -0.4 is 0 Å². The van der Waals surface area contributed by atoms with Crippen molar-refractivity contribution in [2.45, 2.75) is 53.9 Å². The van der Waals surface area contributed by atoms with E-state index >= 15 is 0 Å². The van der Waals surface area contributed by atoms with Crippen LogP contribution in [0.3, 0.4) is 0 Å². The molecule has 0 saturated heterocycles. The number of hydrogen-bond donors (Lipinski definition) is 0. The third-order valence-electron chi connectivity index (χ3n) is 2.24. The summed E-state index contributed by atoms with van der Waals surface area (Å²) in [7, 11) is 0. The Labute approximate surface area is 97.9 Å². The fourth-order valence-corrected chi connectivity index (χ4v) is 2.72. The Morgan fingerprint density at radius 2 is 2.00 bits per heavy atom. The second-order valence-electron chi connectivity index (χ2n) is 5.89. The largest absolute Gasteiger partial charge is 0.249 e. The third-order valence-corrected chi connectivity index (χ3v) is 3.30. The summed E-state index contributed by atoms with van der Waals surface area (Å²) in [6, 6.07) is 0. The van der Waals surface area contributed by atoms with Gasteiger partial charge in [-0.2, -0.15) is 0 Å². The zero-order valence-electron chi connectivity index (χ0n) is 10.6. The van der Waals surface area contributed by atoms with Gasteiger partial charge in [-0.25, -0.2) is 4.98 Å². The zero-order chi connectivity index (χ0) is 11.5. The van der Waals surface area contributed by atoms with E-state index in [9.17, 15) is 0 Å². The summed E-state index contributed by atoms with van der Waals surface area (Å²) in [5.41, 5.74) is 0.377. The van der Waals surface area contributed by atoms with Gasteiger partial charge in [0.15, 0.2) is 0 Å². The molecule has 1 rings (SSSR count). The van der Waals surface area contributed by atoms with Gasteiger partial charge in [0.25, 0.3) is 0 Å². The number of aryl methyl sites for hydroxylation is 1. The summed E-state index contributed by atoms with van der Waals surface area (Å²) in [5.74, 6) is 0.778. The maximum Gasteiger partial charge on any atom is 0.0927 e. The second-order valence-corrected chi connectivity index (χ2v) is 7.09. The molecule has 0 bridgehead atoms. The van der Waals surface area contributed by atoms with Crippen molar-refractivity contribution in [3.05, 3.63) is 16.1 Å². The van der Waals surface area contributed by atoms with Crippen LogP contribution in [0.1, 0.15) is 50.9 Å². The van der Waals surface area contributed by atoms with Gasteiger partial charge in [0.1, 0.15) is 0 Å². The minimum atomic E-state index is 0.377. The summed E-state index contributed by atoms with van der Waals surface area (Å²) in [5, 5.41) is 1.31. The SMILES string of the molecule is CC(C)CCc1ncc(CC(C)(C)C)s1. The van der Waals surface area contributed by atoms with Gasteiger partial charge >= 0.3 is 0 Å². The lowest BCUT2D eigenvalue weighted by molar-refractivity contribution is 0.414. The highest BCUT2D eigenvalue weighted by Crippen LogP contribution is 2.25. The molecule has 0 N–H and O–H groups in total. The van der Waals surface area contributed by atoms with E-state index < -0.39 is 0 Å². The van der Waals surface area contributed by atoms with E-state index in [1.54, 1.807) is 0 Å². The van der Waals surface area contributed by atoms with Crippen LogP contribution >= 0.6 is 11.3 Å². The summed E-state index contributed by atoms with van der Waals surface area (Å²) >= 11 is 1.89. The molecule has 0 aromatic carbocycles. The van der Waals surface area contributed by atoms with E-state index in [-0.39, 0.29) is 0 Å². The van der Waals surface area contributed by atoms with Gasteiger partial charge in [-0.3, -0.25) is 0 Å². The fourth-order valence-electron chi connectivity index (χ4n) is 1.48. The Balaban J connectivity index is 2.49. The maximum absolute atomic E-state index is 4.49. The number of thiazole rings is 1. The highest BCUT2D eigenvalue weighted by molar-refractivity contribution is 7.11. The van der Waals surface area contributed by atoms with Crippen LogP contribution in [0.4, 0.5) is 0 Å². The van der Waals surface area contributed by atoms with E-state index in [1.807, 2.05) is 11.3 Å². The third kappa shape index (κ3) is 5.31. The number of hydrogen-bond acceptors (Lipinski definition) is 2. The smallest absolute Gasteiger partial charge is 0.0927 e. The van der Waals surface area contributed by atoms with E-state index in [2.05, 4.69) is 45.8 Å². The summed E-state index contributed by atoms with van der Waals surface area (Å²) in [6.45, 7) is 11.4. The Hall–Kier alpha value is -0.370. The van der Waals surface area contributed by atoms with Crippen LogP contribution in [0.5, 0.6) is 0 Å². The van der Waals surface area contributed by atoms with Gasteiger partial charge in [-0.15, -0.1) is 11.3 Å². The van der Waals surface area contributed by atoms with Crippen LogP contribution in [0.15, 0.2) is 6.20 Å². The molecule has 86 valence electrons. The van der Waals surface area contributed by atoms with Gasteiger partial charge in [-0.1, -0.05) is 34.6 Å². The summed E-state index contributed by atoms with van der Waals surface area (Å²) in [6.07, 6.45) is 5.60. The maximum atomic E-state index is 4.49. The average molecular weight is 225 g/mol. The lowest BCUT2D eigenvalue weighted by Crippen LogP contribution is -2.07. The molecule has 0 saturated carbocycles. The molecule has 0 radical (unpaired) electrons. The van der Waals surface area contributed by atoms with Gasteiger partial charge in [-0.05, 0) is 30.6 Å². The number of aromatic nitrogens is 1. The first kappa shape index (κ1) is 12.7. The Kier molecular flexibility index (Phi) is 4.32. The van der Waals surface area contributed by atoms with E-state index in [1.165, 1.54) is 16.3 Å². The van der Waals surface area contributed by atoms with Crippen molar-refractivity contribution in [3.8, 4) is 0 Å². The molecule has 15 heavy (non-hydrogen) atoms. The molecule has 0 aliphatic heterocycles. The standard InChI is InChI=1S/C13H23NS/c1-10(2)6-7-12-14-9-11(15-12)8-13(3,4)5/h9-10H,6-8H2,1-5H3. The van der Waals surface area contributed by atoms with Gasteiger partial charge in [0.2, 0.25) is 0 Å². The van der Waals surface area contributed by atoms with E-state index in [0.29, 0.717) is 5.41 Å². The predicted octanol–water partition coefficient (Wildman–Crippen LogP) is 4.32. The second kappa shape index (κ2) is 5.11. The molecular weight excluding hydrogens is 202 g/mol. The van der Waals surface area contributed by atoms with Crippen molar-refractivity contribution < 1.29 is 0 Å². The van der Waals surface area contributed by atoms with Crippen LogP contribution in [-0.4, -0.2) is 4.98 Å². The van der Waals surface area contributed by atoms with Crippen LogP contribution in [0.2, 0.25) is 0 Å². The molecule has 0 aliphatic carbocycles. The highest BCUT2D eigenvalue weighted by Gasteiger charge is 2.13. The predicted molar refractivity (Wildman–Crippen MR) is 68.4 cm³/mol. The molecule has 1 nitrogen and oxygen atoms in total. The Bertz CT molecular complexity index is 294. The molecule has 0 atom stereocenters. The van der Waals surface area contributed by atoms with Crippen LogP contribution in [0.25, 0.3) is 0 Å². The molecule has 0 amide bonds. The van der Waals surface area contributed by atoms with Crippen molar-refractivity contribution in [3.63, 3.8) is 0 Å². The van der Waals surface area contributed by atoms with Crippen molar-refractivity contribution in [2.75, 3.05) is 0 Å².